The standard InChI is InChI=1S/C23H22ClNO4/c1-3-21(29-18-11-9-15-7-5-6-8-16(15)13-18)22(26)25-17-10-12-20(24)19(14-17)23(27)28-4-2/h5-14,21H,3-4H2,1-2H3,(H,25,26)/t21-/m1/s1. The maximum atomic E-state index is 12.7. The Balaban J connectivity index is 1.74. The number of ether oxygens (including phenoxy) is 2. The van der Waals surface area contributed by atoms with Crippen LogP contribution in [0.3, 0.4) is 0 Å². The molecule has 0 aromatic heterocycles. The molecule has 1 atom stereocenters. The van der Waals surface area contributed by atoms with Gasteiger partial charge in [-0.2, -0.15) is 0 Å². The van der Waals surface area contributed by atoms with Crippen LogP contribution in [0.25, 0.3) is 10.8 Å². The Kier molecular flexibility index (Phi) is 6.73. The second kappa shape index (κ2) is 9.43. The van der Waals surface area contributed by atoms with Gasteiger partial charge in [-0.1, -0.05) is 48.9 Å². The molecule has 0 spiro atoms. The highest BCUT2D eigenvalue weighted by Gasteiger charge is 2.20. The predicted molar refractivity (Wildman–Crippen MR) is 115 cm³/mol. The molecule has 0 bridgehead atoms. The molecule has 0 heterocycles. The summed E-state index contributed by atoms with van der Waals surface area (Å²) >= 11 is 6.07. The number of rotatable bonds is 7. The third-order valence-corrected chi connectivity index (χ3v) is 4.72. The van der Waals surface area contributed by atoms with Gasteiger partial charge in [-0.05, 0) is 54.4 Å². The van der Waals surface area contributed by atoms with Crippen molar-refractivity contribution < 1.29 is 19.1 Å². The number of carbonyl (C=O) groups excluding carboxylic acids is 2. The van der Waals surface area contributed by atoms with Gasteiger partial charge in [-0.15, -0.1) is 0 Å². The van der Waals surface area contributed by atoms with Crippen LogP contribution in [0.5, 0.6) is 5.75 Å². The lowest BCUT2D eigenvalue weighted by atomic mass is 10.1. The third-order valence-electron chi connectivity index (χ3n) is 4.39. The topological polar surface area (TPSA) is 64.6 Å². The number of carbonyl (C=O) groups is 2. The molecule has 3 aromatic rings. The van der Waals surface area contributed by atoms with Crippen molar-refractivity contribution in [2.45, 2.75) is 26.4 Å². The fraction of sp³-hybridized carbons (Fsp3) is 0.217. The summed E-state index contributed by atoms with van der Waals surface area (Å²) in [6, 6.07) is 18.3. The first-order valence-electron chi connectivity index (χ1n) is 9.44. The first-order chi connectivity index (χ1) is 14.0. The lowest BCUT2D eigenvalue weighted by molar-refractivity contribution is -0.122. The van der Waals surface area contributed by atoms with E-state index in [0.29, 0.717) is 17.9 Å². The van der Waals surface area contributed by atoms with Crippen LogP contribution >= 0.6 is 11.6 Å². The second-order valence-corrected chi connectivity index (χ2v) is 6.84. The van der Waals surface area contributed by atoms with Crippen LogP contribution in [-0.2, 0) is 9.53 Å². The summed E-state index contributed by atoms with van der Waals surface area (Å²) in [6.07, 6.45) is -0.199. The van der Waals surface area contributed by atoms with Crippen molar-refractivity contribution in [3.05, 3.63) is 71.2 Å². The van der Waals surface area contributed by atoms with Crippen molar-refractivity contribution in [1.29, 1.82) is 0 Å². The minimum absolute atomic E-state index is 0.204. The summed E-state index contributed by atoms with van der Waals surface area (Å²) in [4.78, 5) is 24.7. The van der Waals surface area contributed by atoms with Gasteiger partial charge in [0, 0.05) is 5.69 Å². The first kappa shape index (κ1) is 20.7. The van der Waals surface area contributed by atoms with E-state index >= 15 is 0 Å². The number of anilines is 1. The van der Waals surface area contributed by atoms with Crippen molar-refractivity contribution in [3.63, 3.8) is 0 Å². The quantitative estimate of drug-likeness (QED) is 0.524. The number of halogens is 1. The van der Waals surface area contributed by atoms with Crippen LogP contribution < -0.4 is 10.1 Å². The Hall–Kier alpha value is -3.05. The normalized spacial score (nSPS) is 11.7. The van der Waals surface area contributed by atoms with Gasteiger partial charge in [-0.25, -0.2) is 4.79 Å². The van der Waals surface area contributed by atoms with Crippen molar-refractivity contribution in [3.8, 4) is 5.75 Å². The summed E-state index contributed by atoms with van der Waals surface area (Å²) in [5, 5.41) is 5.19. The molecule has 0 saturated carbocycles. The molecule has 0 aliphatic rings. The zero-order valence-corrected chi connectivity index (χ0v) is 17.0. The highest BCUT2D eigenvalue weighted by Crippen LogP contribution is 2.24. The van der Waals surface area contributed by atoms with Crippen LogP contribution in [0.1, 0.15) is 30.6 Å². The van der Waals surface area contributed by atoms with Gasteiger partial charge in [-0.3, -0.25) is 4.79 Å². The predicted octanol–water partition coefficient (Wildman–Crippen LogP) is 5.47. The number of esters is 1. The summed E-state index contributed by atoms with van der Waals surface area (Å²) in [5.74, 6) is -0.222. The monoisotopic (exact) mass is 411 g/mol. The summed E-state index contributed by atoms with van der Waals surface area (Å²) in [6.45, 7) is 3.83. The average molecular weight is 412 g/mol. The van der Waals surface area contributed by atoms with Crippen molar-refractivity contribution >= 4 is 39.9 Å². The molecule has 6 heteroatoms. The fourth-order valence-electron chi connectivity index (χ4n) is 2.92. The molecule has 0 radical (unpaired) electrons. The summed E-state index contributed by atoms with van der Waals surface area (Å²) in [5.41, 5.74) is 0.651. The van der Waals surface area contributed by atoms with Gasteiger partial charge in [0.25, 0.3) is 5.91 Å². The Morgan fingerprint density at radius 2 is 1.76 bits per heavy atom. The van der Waals surface area contributed by atoms with E-state index in [1.54, 1.807) is 19.1 Å². The Labute approximate surface area is 174 Å². The van der Waals surface area contributed by atoms with Crippen molar-refractivity contribution in [2.24, 2.45) is 0 Å². The van der Waals surface area contributed by atoms with Gasteiger partial charge in [0.1, 0.15) is 5.75 Å². The second-order valence-electron chi connectivity index (χ2n) is 6.43. The Morgan fingerprint density at radius 1 is 1.00 bits per heavy atom. The largest absolute Gasteiger partial charge is 0.481 e. The SMILES string of the molecule is CCOC(=O)c1cc(NC(=O)[C@@H](CC)Oc2ccc3ccccc3c2)ccc1Cl. The van der Waals surface area contributed by atoms with E-state index in [4.69, 9.17) is 21.1 Å². The van der Waals surface area contributed by atoms with Gasteiger partial charge in [0.2, 0.25) is 0 Å². The number of hydrogen-bond acceptors (Lipinski definition) is 4. The number of benzene rings is 3. The fourth-order valence-corrected chi connectivity index (χ4v) is 3.11. The van der Waals surface area contributed by atoms with E-state index in [1.165, 1.54) is 6.07 Å². The highest BCUT2D eigenvalue weighted by molar-refractivity contribution is 6.33. The van der Waals surface area contributed by atoms with Gasteiger partial charge >= 0.3 is 5.97 Å². The summed E-state index contributed by atoms with van der Waals surface area (Å²) < 4.78 is 10.9. The lowest BCUT2D eigenvalue weighted by Gasteiger charge is -2.18. The molecule has 3 rings (SSSR count). The minimum Gasteiger partial charge on any atom is -0.481 e. The number of fused-ring (bicyclic) bond motifs is 1. The van der Waals surface area contributed by atoms with Crippen LogP contribution in [-0.4, -0.2) is 24.6 Å². The third kappa shape index (κ3) is 5.06. The minimum atomic E-state index is -0.683. The molecule has 0 saturated heterocycles. The molecular formula is C23H22ClNO4. The van der Waals surface area contributed by atoms with Crippen molar-refractivity contribution in [1.82, 2.24) is 0 Å². The van der Waals surface area contributed by atoms with E-state index in [-0.39, 0.29) is 23.1 Å². The van der Waals surface area contributed by atoms with Gasteiger partial charge in [0.05, 0.1) is 17.2 Å². The van der Waals surface area contributed by atoms with Gasteiger partial charge in [0.15, 0.2) is 6.10 Å². The Bertz CT molecular complexity index is 1030. The zero-order valence-electron chi connectivity index (χ0n) is 16.3. The van der Waals surface area contributed by atoms with E-state index in [9.17, 15) is 9.59 Å². The number of hydrogen-bond donors (Lipinski definition) is 1. The van der Waals surface area contributed by atoms with Crippen LogP contribution in [0.4, 0.5) is 5.69 Å². The van der Waals surface area contributed by atoms with E-state index in [2.05, 4.69) is 5.32 Å². The van der Waals surface area contributed by atoms with Crippen molar-refractivity contribution in [2.75, 3.05) is 11.9 Å². The van der Waals surface area contributed by atoms with Gasteiger partial charge < -0.3 is 14.8 Å². The number of nitrogens with one attached hydrogen (secondary N) is 1. The zero-order chi connectivity index (χ0) is 20.8. The average Bonchev–Trinajstić information content (AvgIpc) is 2.73. The molecule has 29 heavy (non-hydrogen) atoms. The summed E-state index contributed by atoms with van der Waals surface area (Å²) in [7, 11) is 0. The Morgan fingerprint density at radius 3 is 2.48 bits per heavy atom. The molecule has 1 amide bonds. The molecule has 0 unspecified atom stereocenters. The van der Waals surface area contributed by atoms with E-state index in [1.807, 2.05) is 49.4 Å². The molecule has 0 fully saturated rings. The molecule has 150 valence electrons. The molecular weight excluding hydrogens is 390 g/mol. The molecule has 3 aromatic carbocycles. The van der Waals surface area contributed by atoms with E-state index in [0.717, 1.165) is 10.8 Å². The smallest absolute Gasteiger partial charge is 0.339 e. The van der Waals surface area contributed by atoms with Crippen LogP contribution in [0.15, 0.2) is 60.7 Å². The maximum Gasteiger partial charge on any atom is 0.339 e. The maximum absolute atomic E-state index is 12.7. The van der Waals surface area contributed by atoms with E-state index < -0.39 is 12.1 Å². The molecule has 1 N–H and O–H groups in total. The number of amides is 1. The van der Waals surface area contributed by atoms with Crippen LogP contribution in [0, 0.1) is 0 Å². The first-order valence-corrected chi connectivity index (χ1v) is 9.82. The molecule has 0 aliphatic heterocycles. The highest BCUT2D eigenvalue weighted by atomic mass is 35.5. The molecule has 0 aliphatic carbocycles. The lowest BCUT2D eigenvalue weighted by Crippen LogP contribution is -2.32. The van der Waals surface area contributed by atoms with Crippen LogP contribution in [0.2, 0.25) is 5.02 Å². The molecule has 5 nitrogen and oxygen atoms in total.